The molecule has 16 heavy (non-hydrogen) atoms. The molecular formula is C11H12ClFN2O. The van der Waals surface area contributed by atoms with E-state index in [9.17, 15) is 9.18 Å². The van der Waals surface area contributed by atoms with Crippen LogP contribution in [0.25, 0.3) is 0 Å². The molecule has 0 aromatic heterocycles. The molecule has 1 fully saturated rings. The summed E-state index contributed by atoms with van der Waals surface area (Å²) in [6.45, 7) is -0.0864. The summed E-state index contributed by atoms with van der Waals surface area (Å²) in [4.78, 5) is 11.2. The van der Waals surface area contributed by atoms with Gasteiger partial charge in [-0.1, -0.05) is 17.7 Å². The van der Waals surface area contributed by atoms with Crippen LogP contribution in [0.2, 0.25) is 5.02 Å². The minimum atomic E-state index is -0.564. The first-order valence-electron chi connectivity index (χ1n) is 5.04. The second-order valence-corrected chi connectivity index (χ2v) is 4.40. The number of carbonyl (C=O) groups is 1. The molecule has 1 saturated carbocycles. The van der Waals surface area contributed by atoms with E-state index in [0.29, 0.717) is 10.6 Å². The molecule has 86 valence electrons. The first-order valence-corrected chi connectivity index (χ1v) is 5.42. The van der Waals surface area contributed by atoms with E-state index in [1.807, 2.05) is 0 Å². The number of carbonyl (C=O) groups excluding carboxylic acids is 1. The number of hydrogen-bond donors (Lipinski definition) is 2. The van der Waals surface area contributed by atoms with Crippen LogP contribution in [0, 0.1) is 5.82 Å². The van der Waals surface area contributed by atoms with Crippen molar-refractivity contribution in [2.45, 2.75) is 18.4 Å². The molecule has 0 aliphatic heterocycles. The smallest absolute Gasteiger partial charge is 0.234 e. The molecule has 0 saturated heterocycles. The first kappa shape index (κ1) is 11.4. The molecule has 0 spiro atoms. The Hall–Kier alpha value is -1.13. The van der Waals surface area contributed by atoms with Gasteiger partial charge in [-0.05, 0) is 25.0 Å². The van der Waals surface area contributed by atoms with E-state index >= 15 is 0 Å². The van der Waals surface area contributed by atoms with Gasteiger partial charge in [0, 0.05) is 10.6 Å². The van der Waals surface area contributed by atoms with Crippen molar-refractivity contribution in [2.24, 2.45) is 5.73 Å². The maximum absolute atomic E-state index is 13.7. The van der Waals surface area contributed by atoms with Crippen molar-refractivity contribution >= 4 is 17.5 Å². The Bertz CT molecular complexity index is 432. The van der Waals surface area contributed by atoms with Crippen LogP contribution in [-0.2, 0) is 10.3 Å². The Morgan fingerprint density at radius 3 is 2.75 bits per heavy atom. The molecule has 1 aliphatic carbocycles. The summed E-state index contributed by atoms with van der Waals surface area (Å²) in [6, 6.07) is 4.49. The molecule has 1 amide bonds. The van der Waals surface area contributed by atoms with Gasteiger partial charge >= 0.3 is 0 Å². The quantitative estimate of drug-likeness (QED) is 0.845. The van der Waals surface area contributed by atoms with Gasteiger partial charge in [0.1, 0.15) is 5.82 Å². The molecule has 1 aliphatic rings. The summed E-state index contributed by atoms with van der Waals surface area (Å²) in [5.74, 6) is -0.658. The van der Waals surface area contributed by atoms with Crippen LogP contribution in [-0.4, -0.2) is 12.5 Å². The highest BCUT2D eigenvalue weighted by Crippen LogP contribution is 2.46. The predicted molar refractivity (Wildman–Crippen MR) is 59.5 cm³/mol. The van der Waals surface area contributed by atoms with E-state index < -0.39 is 5.54 Å². The largest absolute Gasteiger partial charge is 0.345 e. The Balaban J connectivity index is 2.26. The van der Waals surface area contributed by atoms with E-state index in [4.69, 9.17) is 17.3 Å². The summed E-state index contributed by atoms with van der Waals surface area (Å²) in [6.07, 6.45) is 1.47. The van der Waals surface area contributed by atoms with Crippen molar-refractivity contribution in [2.75, 3.05) is 6.54 Å². The van der Waals surface area contributed by atoms with Crippen LogP contribution < -0.4 is 11.1 Å². The minimum Gasteiger partial charge on any atom is -0.345 e. The Kier molecular flexibility index (Phi) is 2.86. The van der Waals surface area contributed by atoms with Gasteiger partial charge in [0.25, 0.3) is 0 Å². The lowest BCUT2D eigenvalue weighted by molar-refractivity contribution is -0.120. The lowest BCUT2D eigenvalue weighted by Gasteiger charge is -2.18. The summed E-state index contributed by atoms with van der Waals surface area (Å²) in [5.41, 5.74) is 5.14. The maximum Gasteiger partial charge on any atom is 0.234 e. The van der Waals surface area contributed by atoms with E-state index in [1.165, 1.54) is 6.07 Å². The fourth-order valence-corrected chi connectivity index (χ4v) is 1.94. The van der Waals surface area contributed by atoms with E-state index in [1.54, 1.807) is 12.1 Å². The summed E-state index contributed by atoms with van der Waals surface area (Å²) >= 11 is 5.67. The van der Waals surface area contributed by atoms with Crippen molar-refractivity contribution in [3.8, 4) is 0 Å². The Morgan fingerprint density at radius 1 is 1.56 bits per heavy atom. The summed E-state index contributed by atoms with van der Waals surface area (Å²) < 4.78 is 13.7. The van der Waals surface area contributed by atoms with Crippen LogP contribution in [0.3, 0.4) is 0 Å². The SMILES string of the molecule is NCC(=O)NC1(c2ccc(Cl)cc2F)CC1. The number of amides is 1. The second kappa shape index (κ2) is 4.03. The molecule has 3 nitrogen and oxygen atoms in total. The van der Waals surface area contributed by atoms with Crippen LogP contribution in [0.5, 0.6) is 0 Å². The molecule has 1 aromatic rings. The summed E-state index contributed by atoms with van der Waals surface area (Å²) in [5, 5.41) is 3.10. The molecule has 3 N–H and O–H groups in total. The molecule has 0 heterocycles. The molecule has 0 radical (unpaired) electrons. The van der Waals surface area contributed by atoms with Gasteiger partial charge < -0.3 is 11.1 Å². The molecule has 1 aromatic carbocycles. The summed E-state index contributed by atoms with van der Waals surface area (Å²) in [7, 11) is 0. The molecule has 0 atom stereocenters. The van der Waals surface area contributed by atoms with Gasteiger partial charge in [-0.3, -0.25) is 4.79 Å². The second-order valence-electron chi connectivity index (χ2n) is 3.96. The zero-order chi connectivity index (χ0) is 11.8. The van der Waals surface area contributed by atoms with Crippen molar-refractivity contribution in [1.82, 2.24) is 5.32 Å². The number of rotatable bonds is 3. The van der Waals surface area contributed by atoms with Crippen molar-refractivity contribution in [3.63, 3.8) is 0 Å². The Morgan fingerprint density at radius 2 is 2.25 bits per heavy atom. The zero-order valence-electron chi connectivity index (χ0n) is 8.59. The molecule has 0 unspecified atom stereocenters. The number of halogens is 2. The minimum absolute atomic E-state index is 0.0864. The number of benzene rings is 1. The first-order chi connectivity index (χ1) is 7.57. The normalized spacial score (nSPS) is 16.9. The van der Waals surface area contributed by atoms with E-state index in [-0.39, 0.29) is 18.3 Å². The number of hydrogen-bond acceptors (Lipinski definition) is 2. The number of nitrogens with one attached hydrogen (secondary N) is 1. The van der Waals surface area contributed by atoms with Crippen molar-refractivity contribution in [3.05, 3.63) is 34.6 Å². The van der Waals surface area contributed by atoms with Crippen molar-refractivity contribution in [1.29, 1.82) is 0 Å². The fourth-order valence-electron chi connectivity index (χ4n) is 1.78. The van der Waals surface area contributed by atoms with Crippen LogP contribution >= 0.6 is 11.6 Å². The van der Waals surface area contributed by atoms with Crippen LogP contribution in [0.4, 0.5) is 4.39 Å². The predicted octanol–water partition coefficient (Wildman–Crippen LogP) is 1.54. The van der Waals surface area contributed by atoms with Gasteiger partial charge in [0.05, 0.1) is 12.1 Å². The highest BCUT2D eigenvalue weighted by Gasteiger charge is 2.47. The van der Waals surface area contributed by atoms with E-state index in [0.717, 1.165) is 12.8 Å². The molecule has 5 heteroatoms. The lowest BCUT2D eigenvalue weighted by atomic mass is 10.0. The zero-order valence-corrected chi connectivity index (χ0v) is 9.35. The number of nitrogens with two attached hydrogens (primary N) is 1. The van der Waals surface area contributed by atoms with Gasteiger partial charge in [0.15, 0.2) is 0 Å². The van der Waals surface area contributed by atoms with Crippen LogP contribution in [0.1, 0.15) is 18.4 Å². The molecule has 0 bridgehead atoms. The van der Waals surface area contributed by atoms with Gasteiger partial charge in [-0.15, -0.1) is 0 Å². The van der Waals surface area contributed by atoms with Gasteiger partial charge in [-0.25, -0.2) is 4.39 Å². The topological polar surface area (TPSA) is 55.1 Å². The molecular weight excluding hydrogens is 231 g/mol. The van der Waals surface area contributed by atoms with Crippen LogP contribution in [0.15, 0.2) is 18.2 Å². The highest BCUT2D eigenvalue weighted by molar-refractivity contribution is 6.30. The Labute approximate surface area is 97.8 Å². The van der Waals surface area contributed by atoms with Gasteiger partial charge in [0.2, 0.25) is 5.91 Å². The van der Waals surface area contributed by atoms with Gasteiger partial charge in [-0.2, -0.15) is 0 Å². The molecule has 2 rings (SSSR count). The third kappa shape index (κ3) is 2.03. The lowest BCUT2D eigenvalue weighted by Crippen LogP contribution is -2.39. The average Bonchev–Trinajstić information content (AvgIpc) is 2.98. The standard InChI is InChI=1S/C11H12ClFN2O/c12-7-1-2-8(9(13)5-7)11(3-4-11)15-10(16)6-14/h1-2,5H,3-4,6,14H2,(H,15,16). The van der Waals surface area contributed by atoms with E-state index in [2.05, 4.69) is 5.32 Å². The fraction of sp³-hybridized carbons (Fsp3) is 0.364. The average molecular weight is 243 g/mol. The highest BCUT2D eigenvalue weighted by atomic mass is 35.5. The maximum atomic E-state index is 13.7. The third-order valence-electron chi connectivity index (χ3n) is 2.76. The monoisotopic (exact) mass is 242 g/mol. The third-order valence-corrected chi connectivity index (χ3v) is 3.00. The van der Waals surface area contributed by atoms with Crippen molar-refractivity contribution < 1.29 is 9.18 Å².